The summed E-state index contributed by atoms with van der Waals surface area (Å²) in [5, 5.41) is 0. The highest BCUT2D eigenvalue weighted by atomic mass is 32.2. The van der Waals surface area contributed by atoms with Gasteiger partial charge in [-0.15, -0.1) is 0 Å². The van der Waals surface area contributed by atoms with Crippen LogP contribution in [0.25, 0.3) is 0 Å². The van der Waals surface area contributed by atoms with Crippen molar-refractivity contribution in [2.75, 3.05) is 18.6 Å². The van der Waals surface area contributed by atoms with Crippen molar-refractivity contribution in [3.8, 4) is 17.2 Å². The molecule has 0 atom stereocenters. The van der Waals surface area contributed by atoms with E-state index in [0.717, 1.165) is 6.07 Å². The Labute approximate surface area is 126 Å². The minimum atomic E-state index is -3.92. The zero-order valence-electron chi connectivity index (χ0n) is 11.5. The SMILES string of the molecule is COc1ccc(F)cc1NS(=O)(=O)c1ccc2c(c1)OCO2. The summed E-state index contributed by atoms with van der Waals surface area (Å²) < 4.78 is 55.7. The van der Waals surface area contributed by atoms with E-state index in [1.165, 1.54) is 37.4 Å². The van der Waals surface area contributed by atoms with Crippen LogP contribution in [0.5, 0.6) is 17.2 Å². The van der Waals surface area contributed by atoms with Gasteiger partial charge in [0, 0.05) is 12.1 Å². The molecule has 1 N–H and O–H groups in total. The molecular formula is C14H12FNO5S. The standard InChI is InChI=1S/C14H12FNO5S/c1-19-12-4-2-9(15)6-11(12)16-22(17,18)10-3-5-13-14(7-10)21-8-20-13/h2-7,16H,8H2,1H3. The number of ether oxygens (including phenoxy) is 3. The maximum Gasteiger partial charge on any atom is 0.262 e. The van der Waals surface area contributed by atoms with Gasteiger partial charge in [-0.3, -0.25) is 4.72 Å². The zero-order valence-corrected chi connectivity index (χ0v) is 12.3. The fraction of sp³-hybridized carbons (Fsp3) is 0.143. The van der Waals surface area contributed by atoms with E-state index in [0.29, 0.717) is 11.5 Å². The molecule has 6 nitrogen and oxygen atoms in total. The first-order valence-electron chi connectivity index (χ1n) is 6.25. The van der Waals surface area contributed by atoms with Gasteiger partial charge in [-0.2, -0.15) is 0 Å². The van der Waals surface area contributed by atoms with Crippen LogP contribution < -0.4 is 18.9 Å². The van der Waals surface area contributed by atoms with E-state index in [4.69, 9.17) is 14.2 Å². The number of hydrogen-bond acceptors (Lipinski definition) is 5. The second-order valence-corrected chi connectivity index (χ2v) is 6.15. The van der Waals surface area contributed by atoms with Crippen molar-refractivity contribution in [1.82, 2.24) is 0 Å². The monoisotopic (exact) mass is 325 g/mol. The van der Waals surface area contributed by atoms with E-state index in [2.05, 4.69) is 4.72 Å². The van der Waals surface area contributed by atoms with Gasteiger partial charge in [0.05, 0.1) is 17.7 Å². The van der Waals surface area contributed by atoms with E-state index in [1.54, 1.807) is 0 Å². The van der Waals surface area contributed by atoms with Gasteiger partial charge < -0.3 is 14.2 Å². The lowest BCUT2D eigenvalue weighted by Gasteiger charge is -2.12. The van der Waals surface area contributed by atoms with E-state index < -0.39 is 15.8 Å². The number of nitrogens with one attached hydrogen (secondary N) is 1. The third-order valence-corrected chi connectivity index (χ3v) is 4.42. The number of sulfonamides is 1. The summed E-state index contributed by atoms with van der Waals surface area (Å²) in [5.41, 5.74) is 0.0140. The van der Waals surface area contributed by atoms with Crippen molar-refractivity contribution in [3.05, 3.63) is 42.2 Å². The van der Waals surface area contributed by atoms with Crippen molar-refractivity contribution >= 4 is 15.7 Å². The molecule has 2 aromatic rings. The summed E-state index contributed by atoms with van der Waals surface area (Å²) in [5.74, 6) is 0.450. The van der Waals surface area contributed by atoms with Crippen molar-refractivity contribution in [1.29, 1.82) is 0 Å². The van der Waals surface area contributed by atoms with Crippen LogP contribution in [-0.4, -0.2) is 22.3 Å². The summed E-state index contributed by atoms with van der Waals surface area (Å²) in [6.07, 6.45) is 0. The molecule has 0 fully saturated rings. The minimum Gasteiger partial charge on any atom is -0.495 e. The maximum absolute atomic E-state index is 13.3. The lowest BCUT2D eigenvalue weighted by molar-refractivity contribution is 0.174. The fourth-order valence-corrected chi connectivity index (χ4v) is 3.08. The quantitative estimate of drug-likeness (QED) is 0.934. The third kappa shape index (κ3) is 2.64. The molecule has 0 aromatic heterocycles. The van der Waals surface area contributed by atoms with Crippen LogP contribution >= 0.6 is 0 Å². The van der Waals surface area contributed by atoms with Crippen molar-refractivity contribution in [3.63, 3.8) is 0 Å². The summed E-state index contributed by atoms with van der Waals surface area (Å²) >= 11 is 0. The molecule has 0 spiro atoms. The summed E-state index contributed by atoms with van der Waals surface area (Å²) in [6.45, 7) is 0.0456. The van der Waals surface area contributed by atoms with Crippen LogP contribution in [0.2, 0.25) is 0 Å². The van der Waals surface area contributed by atoms with Gasteiger partial charge in [-0.05, 0) is 24.3 Å². The first-order chi connectivity index (χ1) is 10.5. The number of methoxy groups -OCH3 is 1. The molecule has 0 radical (unpaired) electrons. The second-order valence-electron chi connectivity index (χ2n) is 4.47. The number of benzene rings is 2. The molecule has 1 aliphatic rings. The van der Waals surface area contributed by atoms with Crippen molar-refractivity contribution in [2.24, 2.45) is 0 Å². The number of anilines is 1. The smallest absolute Gasteiger partial charge is 0.262 e. The molecular weight excluding hydrogens is 313 g/mol. The van der Waals surface area contributed by atoms with Gasteiger partial charge in [0.1, 0.15) is 11.6 Å². The predicted molar refractivity (Wildman–Crippen MR) is 76.3 cm³/mol. The van der Waals surface area contributed by atoms with Gasteiger partial charge in [0.2, 0.25) is 6.79 Å². The maximum atomic E-state index is 13.3. The average Bonchev–Trinajstić information content (AvgIpc) is 2.94. The largest absolute Gasteiger partial charge is 0.495 e. The number of rotatable bonds is 4. The highest BCUT2D eigenvalue weighted by molar-refractivity contribution is 7.92. The van der Waals surface area contributed by atoms with E-state index >= 15 is 0 Å². The molecule has 3 rings (SSSR count). The second kappa shape index (κ2) is 5.38. The minimum absolute atomic E-state index is 0.0140. The van der Waals surface area contributed by atoms with Gasteiger partial charge in [0.25, 0.3) is 10.0 Å². The van der Waals surface area contributed by atoms with Crippen molar-refractivity contribution in [2.45, 2.75) is 4.90 Å². The van der Waals surface area contributed by atoms with E-state index in [9.17, 15) is 12.8 Å². The van der Waals surface area contributed by atoms with E-state index in [1.807, 2.05) is 0 Å². The Bertz CT molecular complexity index is 822. The molecule has 0 saturated carbocycles. The number of hydrogen-bond donors (Lipinski definition) is 1. The zero-order chi connectivity index (χ0) is 15.7. The Kier molecular flexibility index (Phi) is 3.53. The van der Waals surface area contributed by atoms with Gasteiger partial charge in [-0.1, -0.05) is 0 Å². The van der Waals surface area contributed by atoms with E-state index in [-0.39, 0.29) is 23.1 Å². The lowest BCUT2D eigenvalue weighted by Crippen LogP contribution is -2.13. The van der Waals surface area contributed by atoms with Gasteiger partial charge >= 0.3 is 0 Å². The molecule has 0 aliphatic carbocycles. The molecule has 116 valence electrons. The average molecular weight is 325 g/mol. The highest BCUT2D eigenvalue weighted by Gasteiger charge is 2.21. The first-order valence-corrected chi connectivity index (χ1v) is 7.74. The van der Waals surface area contributed by atoms with Gasteiger partial charge in [-0.25, -0.2) is 12.8 Å². The molecule has 0 bridgehead atoms. The summed E-state index contributed by atoms with van der Waals surface area (Å²) in [6, 6.07) is 7.78. The van der Waals surface area contributed by atoms with Crippen LogP contribution in [0.1, 0.15) is 0 Å². The molecule has 8 heteroatoms. The van der Waals surface area contributed by atoms with Crippen LogP contribution in [0.3, 0.4) is 0 Å². The Morgan fingerprint density at radius 3 is 2.68 bits per heavy atom. The van der Waals surface area contributed by atoms with Crippen LogP contribution in [0, 0.1) is 5.82 Å². The van der Waals surface area contributed by atoms with Crippen LogP contribution in [0.4, 0.5) is 10.1 Å². The lowest BCUT2D eigenvalue weighted by atomic mass is 10.3. The molecule has 2 aromatic carbocycles. The fourth-order valence-electron chi connectivity index (χ4n) is 2.01. The molecule has 0 amide bonds. The highest BCUT2D eigenvalue weighted by Crippen LogP contribution is 2.35. The molecule has 1 aliphatic heterocycles. The predicted octanol–water partition coefficient (Wildman–Crippen LogP) is 2.36. The normalized spacial score (nSPS) is 13.0. The van der Waals surface area contributed by atoms with Gasteiger partial charge in [0.15, 0.2) is 11.5 Å². The van der Waals surface area contributed by atoms with Crippen molar-refractivity contribution < 1.29 is 27.0 Å². The number of halogens is 1. The van der Waals surface area contributed by atoms with Crippen LogP contribution in [-0.2, 0) is 10.0 Å². The molecule has 22 heavy (non-hydrogen) atoms. The Balaban J connectivity index is 1.96. The third-order valence-electron chi connectivity index (χ3n) is 3.06. The molecule has 0 unspecified atom stereocenters. The Morgan fingerprint density at radius 2 is 1.91 bits per heavy atom. The Hall–Kier alpha value is -2.48. The summed E-state index contributed by atoms with van der Waals surface area (Å²) in [7, 11) is -2.55. The molecule has 0 saturated heterocycles. The molecule has 1 heterocycles. The Morgan fingerprint density at radius 1 is 1.14 bits per heavy atom. The number of fused-ring (bicyclic) bond motifs is 1. The first kappa shape index (κ1) is 14.5. The topological polar surface area (TPSA) is 73.9 Å². The summed E-state index contributed by atoms with van der Waals surface area (Å²) in [4.78, 5) is -0.0249. The van der Waals surface area contributed by atoms with Crippen LogP contribution in [0.15, 0.2) is 41.3 Å².